The molecule has 72 valence electrons. The van der Waals surface area contributed by atoms with Gasteiger partial charge in [-0.15, -0.1) is 0 Å². The molecule has 0 aromatic rings. The molecule has 0 bridgehead atoms. The minimum Gasteiger partial charge on any atom is -0.434 e. The lowest BCUT2D eigenvalue weighted by Gasteiger charge is -2.08. The molecule has 0 fully saturated rings. The van der Waals surface area contributed by atoms with E-state index in [0.29, 0.717) is 6.42 Å². The zero-order valence-corrected chi connectivity index (χ0v) is 6.43. The van der Waals surface area contributed by atoms with Crippen molar-refractivity contribution < 1.29 is 27.4 Å². The summed E-state index contributed by atoms with van der Waals surface area (Å²) in [5.41, 5.74) is 0. The highest BCUT2D eigenvalue weighted by Gasteiger charge is 2.24. The van der Waals surface area contributed by atoms with Gasteiger partial charge in [-0.3, -0.25) is 0 Å². The van der Waals surface area contributed by atoms with Gasteiger partial charge >= 0.3 is 18.9 Å². The van der Waals surface area contributed by atoms with E-state index < -0.39 is 18.9 Å². The van der Waals surface area contributed by atoms with Crippen LogP contribution in [-0.2, 0) is 9.47 Å². The van der Waals surface area contributed by atoms with Gasteiger partial charge in [0.15, 0.2) is 0 Å². The first kappa shape index (κ1) is 11.1. The smallest absolute Gasteiger partial charge is 0.434 e. The van der Waals surface area contributed by atoms with Crippen LogP contribution in [0, 0.1) is 0 Å². The van der Waals surface area contributed by atoms with Crippen LogP contribution in [0.15, 0.2) is 0 Å². The first-order valence-electron chi connectivity index (χ1n) is 3.33. The SMILES string of the molecule is CCCOC(=O)OC(F)C(F)F. The predicted octanol–water partition coefficient (Wildman–Crippen LogP) is 2.11. The van der Waals surface area contributed by atoms with Gasteiger partial charge in [0, 0.05) is 0 Å². The van der Waals surface area contributed by atoms with Gasteiger partial charge in [0.25, 0.3) is 0 Å². The minimum atomic E-state index is -3.33. The van der Waals surface area contributed by atoms with Crippen molar-refractivity contribution in [3.8, 4) is 0 Å². The lowest BCUT2D eigenvalue weighted by molar-refractivity contribution is -0.109. The maximum Gasteiger partial charge on any atom is 0.511 e. The van der Waals surface area contributed by atoms with E-state index in [1.807, 2.05) is 0 Å². The molecule has 0 spiro atoms. The summed E-state index contributed by atoms with van der Waals surface area (Å²) < 4.78 is 42.4. The summed E-state index contributed by atoms with van der Waals surface area (Å²) in [6.45, 7) is 1.72. The summed E-state index contributed by atoms with van der Waals surface area (Å²) in [6.07, 6.45) is -7.14. The van der Waals surface area contributed by atoms with E-state index in [0.717, 1.165) is 0 Å². The largest absolute Gasteiger partial charge is 0.511 e. The molecule has 0 rings (SSSR count). The molecule has 1 atom stereocenters. The second-order valence-electron chi connectivity index (χ2n) is 1.90. The first-order valence-corrected chi connectivity index (χ1v) is 3.33. The summed E-state index contributed by atoms with van der Waals surface area (Å²) >= 11 is 0. The van der Waals surface area contributed by atoms with Crippen LogP contribution in [0.1, 0.15) is 13.3 Å². The molecule has 12 heavy (non-hydrogen) atoms. The van der Waals surface area contributed by atoms with Gasteiger partial charge in [0.2, 0.25) is 0 Å². The highest BCUT2D eigenvalue weighted by atomic mass is 19.3. The molecular formula is C6H9F3O3. The van der Waals surface area contributed by atoms with Gasteiger partial charge in [0.05, 0.1) is 6.61 Å². The van der Waals surface area contributed by atoms with Gasteiger partial charge in [0.1, 0.15) is 0 Å². The molecule has 0 saturated heterocycles. The normalized spacial score (nSPS) is 12.8. The molecule has 0 aliphatic heterocycles. The summed E-state index contributed by atoms with van der Waals surface area (Å²) in [4.78, 5) is 10.3. The molecule has 6 heteroatoms. The molecule has 0 aromatic heterocycles. The monoisotopic (exact) mass is 186 g/mol. The Hall–Kier alpha value is -0.940. The first-order chi connectivity index (χ1) is 5.57. The van der Waals surface area contributed by atoms with Crippen molar-refractivity contribution in [1.82, 2.24) is 0 Å². The Bertz CT molecular complexity index is 140. The second-order valence-corrected chi connectivity index (χ2v) is 1.90. The topological polar surface area (TPSA) is 35.5 Å². The maximum absolute atomic E-state index is 11.9. The van der Waals surface area contributed by atoms with Gasteiger partial charge < -0.3 is 9.47 Å². The number of carbonyl (C=O) groups excluding carboxylic acids is 1. The Labute approximate surface area is 67.4 Å². The predicted molar refractivity (Wildman–Crippen MR) is 33.6 cm³/mol. The lowest BCUT2D eigenvalue weighted by atomic mass is 10.5. The molecule has 0 N–H and O–H groups in total. The Balaban J connectivity index is 3.54. The van der Waals surface area contributed by atoms with Crippen molar-refractivity contribution in [2.24, 2.45) is 0 Å². The van der Waals surface area contributed by atoms with E-state index >= 15 is 0 Å². The summed E-state index contributed by atoms with van der Waals surface area (Å²) in [5, 5.41) is 0. The van der Waals surface area contributed by atoms with Crippen molar-refractivity contribution >= 4 is 6.16 Å². The van der Waals surface area contributed by atoms with Crippen LogP contribution in [0.4, 0.5) is 18.0 Å². The number of carbonyl (C=O) groups is 1. The maximum atomic E-state index is 11.9. The van der Waals surface area contributed by atoms with Crippen LogP contribution >= 0.6 is 0 Å². The molecular weight excluding hydrogens is 177 g/mol. The van der Waals surface area contributed by atoms with Crippen LogP contribution < -0.4 is 0 Å². The van der Waals surface area contributed by atoms with Crippen molar-refractivity contribution in [2.45, 2.75) is 26.1 Å². The molecule has 0 aliphatic carbocycles. The fourth-order valence-corrected chi connectivity index (χ4v) is 0.363. The quantitative estimate of drug-likeness (QED) is 0.630. The van der Waals surface area contributed by atoms with Crippen molar-refractivity contribution in [3.63, 3.8) is 0 Å². The number of hydrogen-bond acceptors (Lipinski definition) is 3. The zero-order valence-electron chi connectivity index (χ0n) is 6.43. The highest BCUT2D eigenvalue weighted by molar-refractivity contribution is 5.59. The zero-order chi connectivity index (χ0) is 9.56. The molecule has 0 heterocycles. The fraction of sp³-hybridized carbons (Fsp3) is 0.833. The molecule has 1 unspecified atom stereocenters. The molecule has 3 nitrogen and oxygen atoms in total. The lowest BCUT2D eigenvalue weighted by Crippen LogP contribution is -2.21. The van der Waals surface area contributed by atoms with Crippen molar-refractivity contribution in [1.29, 1.82) is 0 Å². The number of ether oxygens (including phenoxy) is 2. The Morgan fingerprint density at radius 1 is 1.42 bits per heavy atom. The highest BCUT2D eigenvalue weighted by Crippen LogP contribution is 2.07. The van der Waals surface area contributed by atoms with Crippen LogP contribution in [0.2, 0.25) is 0 Å². The van der Waals surface area contributed by atoms with E-state index in [2.05, 4.69) is 9.47 Å². The second kappa shape index (κ2) is 5.68. The summed E-state index contributed by atoms with van der Waals surface area (Å²) in [7, 11) is 0. The van der Waals surface area contributed by atoms with Gasteiger partial charge in [-0.1, -0.05) is 6.92 Å². The third-order valence-electron chi connectivity index (χ3n) is 0.831. The molecule has 0 amide bonds. The average molecular weight is 186 g/mol. The number of alkyl halides is 3. The summed E-state index contributed by atoms with van der Waals surface area (Å²) in [5.74, 6) is 0. The van der Waals surface area contributed by atoms with Crippen LogP contribution in [0.25, 0.3) is 0 Å². The Kier molecular flexibility index (Phi) is 5.23. The standard InChI is InChI=1S/C6H9F3O3/c1-2-3-11-6(10)12-5(9)4(7)8/h4-5H,2-3H2,1H3. The van der Waals surface area contributed by atoms with Crippen LogP contribution in [-0.4, -0.2) is 25.5 Å². The van der Waals surface area contributed by atoms with Gasteiger partial charge in [-0.25, -0.2) is 13.6 Å². The van der Waals surface area contributed by atoms with Crippen LogP contribution in [0.3, 0.4) is 0 Å². The summed E-state index contributed by atoms with van der Waals surface area (Å²) in [6, 6.07) is 0. The molecule has 0 aliphatic rings. The van der Waals surface area contributed by atoms with Gasteiger partial charge in [-0.05, 0) is 6.42 Å². The fourth-order valence-electron chi connectivity index (χ4n) is 0.363. The molecule has 0 aromatic carbocycles. The molecule has 0 radical (unpaired) electrons. The Morgan fingerprint density at radius 3 is 2.42 bits per heavy atom. The van der Waals surface area contributed by atoms with Gasteiger partial charge in [-0.2, -0.15) is 4.39 Å². The van der Waals surface area contributed by atoms with Crippen molar-refractivity contribution in [3.05, 3.63) is 0 Å². The van der Waals surface area contributed by atoms with E-state index in [-0.39, 0.29) is 6.61 Å². The minimum absolute atomic E-state index is 0.0226. The van der Waals surface area contributed by atoms with E-state index in [1.54, 1.807) is 6.92 Å². The van der Waals surface area contributed by atoms with Crippen molar-refractivity contribution in [2.75, 3.05) is 6.61 Å². The third-order valence-corrected chi connectivity index (χ3v) is 0.831. The number of hydrogen-bond donors (Lipinski definition) is 0. The number of rotatable bonds is 4. The molecule has 0 saturated carbocycles. The average Bonchev–Trinajstić information content (AvgIpc) is 2.00. The number of halogens is 3. The van der Waals surface area contributed by atoms with E-state index in [1.165, 1.54) is 0 Å². The van der Waals surface area contributed by atoms with E-state index in [9.17, 15) is 18.0 Å². The Morgan fingerprint density at radius 2 is 2.00 bits per heavy atom. The van der Waals surface area contributed by atoms with Crippen LogP contribution in [0.5, 0.6) is 0 Å². The third kappa shape index (κ3) is 4.81. The van der Waals surface area contributed by atoms with E-state index in [4.69, 9.17) is 0 Å².